The molecule has 1 heteroatoms. The SMILES string of the molecule is CCCCc1ccc(C(C)NC2CCCCCC2)cc1. The van der Waals surface area contributed by atoms with Crippen LogP contribution in [-0.2, 0) is 6.42 Å². The van der Waals surface area contributed by atoms with Gasteiger partial charge in [-0.3, -0.25) is 0 Å². The molecule has 1 N–H and O–H groups in total. The van der Waals surface area contributed by atoms with Crippen molar-refractivity contribution in [3.05, 3.63) is 35.4 Å². The van der Waals surface area contributed by atoms with Gasteiger partial charge in [0.25, 0.3) is 0 Å². The van der Waals surface area contributed by atoms with Gasteiger partial charge in [-0.25, -0.2) is 0 Å². The van der Waals surface area contributed by atoms with E-state index in [-0.39, 0.29) is 0 Å². The average Bonchev–Trinajstić information content (AvgIpc) is 2.74. The Bertz CT molecular complexity index is 360. The zero-order valence-electron chi connectivity index (χ0n) is 13.3. The van der Waals surface area contributed by atoms with Crippen LogP contribution in [0.5, 0.6) is 0 Å². The van der Waals surface area contributed by atoms with Gasteiger partial charge in [-0.1, -0.05) is 63.3 Å². The smallest absolute Gasteiger partial charge is 0.0294 e. The van der Waals surface area contributed by atoms with Gasteiger partial charge in [-0.15, -0.1) is 0 Å². The second kappa shape index (κ2) is 8.46. The Balaban J connectivity index is 1.86. The Morgan fingerprint density at radius 2 is 1.70 bits per heavy atom. The lowest BCUT2D eigenvalue weighted by Gasteiger charge is -2.22. The maximum absolute atomic E-state index is 3.84. The highest BCUT2D eigenvalue weighted by Crippen LogP contribution is 2.21. The standard InChI is InChI=1S/C19H31N/c1-3-4-9-17-12-14-18(15-13-17)16(2)20-19-10-7-5-6-8-11-19/h12-16,19-20H,3-11H2,1-2H3. The van der Waals surface area contributed by atoms with Crippen LogP contribution in [0.1, 0.15) is 82.4 Å². The highest BCUT2D eigenvalue weighted by molar-refractivity contribution is 5.24. The topological polar surface area (TPSA) is 12.0 Å². The van der Waals surface area contributed by atoms with Crippen molar-refractivity contribution < 1.29 is 0 Å². The predicted molar refractivity (Wildman–Crippen MR) is 88.1 cm³/mol. The molecule has 1 atom stereocenters. The van der Waals surface area contributed by atoms with Crippen molar-refractivity contribution in [3.63, 3.8) is 0 Å². The molecule has 1 aliphatic rings. The molecule has 1 nitrogen and oxygen atoms in total. The van der Waals surface area contributed by atoms with E-state index < -0.39 is 0 Å². The number of unbranched alkanes of at least 4 members (excludes halogenated alkanes) is 1. The van der Waals surface area contributed by atoms with Crippen molar-refractivity contribution in [1.82, 2.24) is 5.32 Å². The lowest BCUT2D eigenvalue weighted by Crippen LogP contribution is -2.31. The minimum atomic E-state index is 0.485. The molecule has 0 saturated heterocycles. The second-order valence-electron chi connectivity index (χ2n) is 6.42. The molecule has 20 heavy (non-hydrogen) atoms. The number of hydrogen-bond donors (Lipinski definition) is 1. The summed E-state index contributed by atoms with van der Waals surface area (Å²) in [5, 5.41) is 3.84. The molecular weight excluding hydrogens is 242 g/mol. The summed E-state index contributed by atoms with van der Waals surface area (Å²) in [7, 11) is 0. The van der Waals surface area contributed by atoms with Crippen molar-refractivity contribution in [2.45, 2.75) is 83.7 Å². The van der Waals surface area contributed by atoms with E-state index in [1.807, 2.05) is 0 Å². The molecule has 2 rings (SSSR count). The highest BCUT2D eigenvalue weighted by atomic mass is 14.9. The van der Waals surface area contributed by atoms with Gasteiger partial charge >= 0.3 is 0 Å². The van der Waals surface area contributed by atoms with Gasteiger partial charge in [-0.2, -0.15) is 0 Å². The third kappa shape index (κ3) is 4.94. The molecule has 0 aliphatic heterocycles. The fraction of sp³-hybridized carbons (Fsp3) is 0.684. The van der Waals surface area contributed by atoms with Crippen molar-refractivity contribution in [3.8, 4) is 0 Å². The van der Waals surface area contributed by atoms with E-state index in [0.29, 0.717) is 6.04 Å². The maximum Gasteiger partial charge on any atom is 0.0294 e. The molecule has 1 unspecified atom stereocenters. The normalized spacial score (nSPS) is 18.7. The van der Waals surface area contributed by atoms with Crippen LogP contribution in [0.25, 0.3) is 0 Å². The van der Waals surface area contributed by atoms with Gasteiger partial charge in [0.2, 0.25) is 0 Å². The summed E-state index contributed by atoms with van der Waals surface area (Å²) in [5.74, 6) is 0. The van der Waals surface area contributed by atoms with Gasteiger partial charge in [0.05, 0.1) is 0 Å². The molecule has 1 fully saturated rings. The first-order valence-electron chi connectivity index (χ1n) is 8.64. The summed E-state index contributed by atoms with van der Waals surface area (Å²) < 4.78 is 0. The predicted octanol–water partition coefficient (Wildman–Crippen LogP) is 5.40. The first kappa shape index (κ1) is 15.6. The molecule has 0 spiro atoms. The summed E-state index contributed by atoms with van der Waals surface area (Å²) >= 11 is 0. The molecule has 0 radical (unpaired) electrons. The Morgan fingerprint density at radius 3 is 2.30 bits per heavy atom. The van der Waals surface area contributed by atoms with Gasteiger partial charge in [-0.05, 0) is 43.7 Å². The van der Waals surface area contributed by atoms with Gasteiger partial charge in [0.15, 0.2) is 0 Å². The summed E-state index contributed by atoms with van der Waals surface area (Å²) in [4.78, 5) is 0. The molecule has 0 aromatic heterocycles. The molecular formula is C19H31N. The molecule has 1 aromatic rings. The van der Waals surface area contributed by atoms with Crippen LogP contribution in [0.2, 0.25) is 0 Å². The van der Waals surface area contributed by atoms with Crippen LogP contribution >= 0.6 is 0 Å². The Morgan fingerprint density at radius 1 is 1.05 bits per heavy atom. The third-order valence-electron chi connectivity index (χ3n) is 4.64. The van der Waals surface area contributed by atoms with Crippen molar-refractivity contribution in [2.75, 3.05) is 0 Å². The Labute approximate surface area is 125 Å². The third-order valence-corrected chi connectivity index (χ3v) is 4.64. The molecule has 1 saturated carbocycles. The fourth-order valence-corrected chi connectivity index (χ4v) is 3.25. The molecule has 0 heterocycles. The summed E-state index contributed by atoms with van der Waals surface area (Å²) in [6.45, 7) is 4.57. The lowest BCUT2D eigenvalue weighted by molar-refractivity contribution is 0.414. The van der Waals surface area contributed by atoms with Crippen LogP contribution in [0.4, 0.5) is 0 Å². The zero-order chi connectivity index (χ0) is 14.2. The van der Waals surface area contributed by atoms with Crippen LogP contribution in [0.3, 0.4) is 0 Å². The van der Waals surface area contributed by atoms with Crippen molar-refractivity contribution in [1.29, 1.82) is 0 Å². The Kier molecular flexibility index (Phi) is 6.59. The van der Waals surface area contributed by atoms with E-state index in [2.05, 4.69) is 43.4 Å². The first-order chi connectivity index (χ1) is 9.79. The maximum atomic E-state index is 3.84. The number of rotatable bonds is 6. The van der Waals surface area contributed by atoms with E-state index in [9.17, 15) is 0 Å². The largest absolute Gasteiger partial charge is 0.307 e. The summed E-state index contributed by atoms with van der Waals surface area (Å²) in [5.41, 5.74) is 2.92. The van der Waals surface area contributed by atoms with Crippen molar-refractivity contribution >= 4 is 0 Å². The number of hydrogen-bond acceptors (Lipinski definition) is 1. The van der Waals surface area contributed by atoms with Crippen LogP contribution in [0.15, 0.2) is 24.3 Å². The fourth-order valence-electron chi connectivity index (χ4n) is 3.25. The molecule has 1 aromatic carbocycles. The molecule has 1 aliphatic carbocycles. The monoisotopic (exact) mass is 273 g/mol. The highest BCUT2D eigenvalue weighted by Gasteiger charge is 2.15. The summed E-state index contributed by atoms with van der Waals surface area (Å²) in [6, 6.07) is 10.5. The molecule has 112 valence electrons. The second-order valence-corrected chi connectivity index (χ2v) is 6.42. The van der Waals surface area contributed by atoms with Crippen LogP contribution in [0, 0.1) is 0 Å². The minimum Gasteiger partial charge on any atom is -0.307 e. The molecule has 0 bridgehead atoms. The number of aryl methyl sites for hydroxylation is 1. The first-order valence-corrected chi connectivity index (χ1v) is 8.64. The van der Waals surface area contributed by atoms with E-state index >= 15 is 0 Å². The van der Waals surface area contributed by atoms with Crippen LogP contribution < -0.4 is 5.32 Å². The molecule has 0 amide bonds. The van der Waals surface area contributed by atoms with Crippen LogP contribution in [-0.4, -0.2) is 6.04 Å². The van der Waals surface area contributed by atoms with Gasteiger partial charge < -0.3 is 5.32 Å². The summed E-state index contributed by atoms with van der Waals surface area (Å²) in [6.07, 6.45) is 12.2. The van der Waals surface area contributed by atoms with Gasteiger partial charge in [0.1, 0.15) is 0 Å². The van der Waals surface area contributed by atoms with E-state index in [0.717, 1.165) is 6.04 Å². The van der Waals surface area contributed by atoms with Gasteiger partial charge in [0, 0.05) is 12.1 Å². The van der Waals surface area contributed by atoms with E-state index in [1.54, 1.807) is 0 Å². The zero-order valence-corrected chi connectivity index (χ0v) is 13.3. The lowest BCUT2D eigenvalue weighted by atomic mass is 10.0. The average molecular weight is 273 g/mol. The minimum absolute atomic E-state index is 0.485. The number of benzene rings is 1. The van der Waals surface area contributed by atoms with Crippen molar-refractivity contribution in [2.24, 2.45) is 0 Å². The Hall–Kier alpha value is -0.820. The van der Waals surface area contributed by atoms with E-state index in [4.69, 9.17) is 0 Å². The quantitative estimate of drug-likeness (QED) is 0.684. The number of nitrogens with one attached hydrogen (secondary N) is 1. The van der Waals surface area contributed by atoms with E-state index in [1.165, 1.54) is 68.9 Å².